The molecule has 0 amide bonds. The van der Waals surface area contributed by atoms with Crippen molar-refractivity contribution >= 4 is 66.5 Å². The number of benzene rings is 3. The molecule has 0 saturated carbocycles. The van der Waals surface area contributed by atoms with Crippen molar-refractivity contribution in [3.8, 4) is 33.8 Å². The van der Waals surface area contributed by atoms with Crippen LogP contribution in [0.2, 0.25) is 0 Å². The van der Waals surface area contributed by atoms with Crippen molar-refractivity contribution in [3.63, 3.8) is 0 Å². The van der Waals surface area contributed by atoms with E-state index < -0.39 is 5.82 Å². The highest BCUT2D eigenvalue weighted by molar-refractivity contribution is 6.68. The van der Waals surface area contributed by atoms with Gasteiger partial charge in [0.2, 0.25) is 0 Å². The average molecular weight is 339 g/mol. The molecule has 0 spiro atoms. The second-order valence-corrected chi connectivity index (χ2v) is 6.84. The van der Waals surface area contributed by atoms with Gasteiger partial charge in [-0.05, 0) is 17.7 Å². The normalized spacial score (nSPS) is 10.8. The molecule has 2 nitrogen and oxygen atoms in total. The number of phenols is 2. The van der Waals surface area contributed by atoms with Gasteiger partial charge in [-0.3, -0.25) is 0 Å². The summed E-state index contributed by atoms with van der Waals surface area (Å²) in [6.07, 6.45) is 0. The van der Waals surface area contributed by atoms with E-state index in [-0.39, 0.29) is 22.6 Å². The van der Waals surface area contributed by atoms with Gasteiger partial charge in [0.1, 0.15) is 56.5 Å². The number of rotatable bonds is 2. The summed E-state index contributed by atoms with van der Waals surface area (Å²) in [6, 6.07) is 9.49. The lowest BCUT2D eigenvalue weighted by Crippen LogP contribution is -2.55. The average Bonchev–Trinajstić information content (AvgIpc) is 2.61. The van der Waals surface area contributed by atoms with Crippen LogP contribution in [0.4, 0.5) is 4.39 Å². The van der Waals surface area contributed by atoms with E-state index >= 15 is 4.39 Å². The fourth-order valence-electron chi connectivity index (χ4n) is 3.63. The van der Waals surface area contributed by atoms with Gasteiger partial charge in [0.15, 0.2) is 0 Å². The van der Waals surface area contributed by atoms with Crippen LogP contribution in [0, 0.1) is 5.82 Å². The van der Waals surface area contributed by atoms with Crippen LogP contribution >= 0.6 is 0 Å². The molecule has 3 rings (SSSR count). The maximum atomic E-state index is 15.5. The summed E-state index contributed by atoms with van der Waals surface area (Å²) in [5, 5.41) is 20.3. The molecule has 3 aromatic rings. The highest BCUT2D eigenvalue weighted by Crippen LogP contribution is 2.40. The summed E-state index contributed by atoms with van der Waals surface area (Å²) in [4.78, 5) is 0. The highest BCUT2D eigenvalue weighted by atomic mass is 19.1. The lowest BCUT2D eigenvalue weighted by atomic mass is 9.59. The van der Waals surface area contributed by atoms with Gasteiger partial charge in [-0.15, -0.1) is 16.4 Å². The Balaban J connectivity index is 2.35. The molecule has 2 N–H and O–H groups in total. The molecule has 26 heavy (non-hydrogen) atoms. The van der Waals surface area contributed by atoms with E-state index in [2.05, 4.69) is 23.5 Å². The zero-order valence-electron chi connectivity index (χ0n) is 15.7. The molecule has 0 aliphatic rings. The molecule has 124 valence electrons. The summed E-state index contributed by atoms with van der Waals surface area (Å²) >= 11 is 0. The van der Waals surface area contributed by atoms with Crippen LogP contribution in [-0.4, -0.2) is 49.4 Å². The molecule has 3 aromatic carbocycles. The Labute approximate surface area is 157 Å². The maximum Gasteiger partial charge on any atom is 0.139 e. The first kappa shape index (κ1) is 18.3. The fourth-order valence-corrected chi connectivity index (χ4v) is 3.63. The molecular formula is C18H18B5FO2. The van der Waals surface area contributed by atoms with Gasteiger partial charge in [-0.1, -0.05) is 35.2 Å². The smallest absolute Gasteiger partial charge is 0.139 e. The van der Waals surface area contributed by atoms with Crippen LogP contribution in [0.3, 0.4) is 0 Å². The molecule has 0 aliphatic heterocycles. The third-order valence-corrected chi connectivity index (χ3v) is 5.56. The Bertz CT molecular complexity index is 987. The lowest BCUT2D eigenvalue weighted by Gasteiger charge is -2.21. The Morgan fingerprint density at radius 2 is 0.962 bits per heavy atom. The molecule has 0 heterocycles. The second kappa shape index (κ2) is 6.67. The van der Waals surface area contributed by atoms with Gasteiger partial charge in [-0.2, -0.15) is 0 Å². The predicted molar refractivity (Wildman–Crippen MR) is 121 cm³/mol. The zero-order valence-corrected chi connectivity index (χ0v) is 15.7. The van der Waals surface area contributed by atoms with Crippen LogP contribution < -0.4 is 27.3 Å². The standard InChI is InChI=1S/C18H18B5FO2/c19-13-12(14(20)16(22)17(23)15(13)21)8-4-1-3-7(18(8)24)11-9(25)5-2-6-10(11)26/h1-6,25-26H,19-23H2. The van der Waals surface area contributed by atoms with Gasteiger partial charge in [0, 0.05) is 11.1 Å². The number of halogens is 1. The van der Waals surface area contributed by atoms with Crippen LogP contribution in [-0.2, 0) is 0 Å². The Morgan fingerprint density at radius 1 is 0.577 bits per heavy atom. The number of aromatic hydroxyl groups is 2. The van der Waals surface area contributed by atoms with Gasteiger partial charge < -0.3 is 10.2 Å². The Hall–Kier alpha value is -2.49. The summed E-state index contributed by atoms with van der Waals surface area (Å²) < 4.78 is 15.5. The Kier molecular flexibility index (Phi) is 4.70. The summed E-state index contributed by atoms with van der Waals surface area (Å²) in [5.41, 5.74) is 7.27. The van der Waals surface area contributed by atoms with E-state index in [1.54, 1.807) is 18.2 Å². The summed E-state index contributed by atoms with van der Waals surface area (Å²) in [5.74, 6) is -0.741. The number of hydrogen-bond donors (Lipinski definition) is 2. The molecule has 0 bridgehead atoms. The molecular weight excluding hydrogens is 321 g/mol. The van der Waals surface area contributed by atoms with Gasteiger partial charge >= 0.3 is 0 Å². The topological polar surface area (TPSA) is 40.5 Å². The summed E-state index contributed by atoms with van der Waals surface area (Å²) in [6.45, 7) is 0. The molecule has 8 heteroatoms. The first-order valence-electron chi connectivity index (χ1n) is 8.62. The first-order valence-corrected chi connectivity index (χ1v) is 8.62. The first-order chi connectivity index (χ1) is 12.3. The van der Waals surface area contributed by atoms with E-state index in [0.29, 0.717) is 5.56 Å². The molecule has 0 aliphatic carbocycles. The van der Waals surface area contributed by atoms with E-state index in [1.165, 1.54) is 23.7 Å². The quantitative estimate of drug-likeness (QED) is 0.466. The molecule has 0 atom stereocenters. The van der Waals surface area contributed by atoms with Crippen molar-refractivity contribution in [2.75, 3.05) is 0 Å². The van der Waals surface area contributed by atoms with E-state index in [9.17, 15) is 10.2 Å². The van der Waals surface area contributed by atoms with E-state index in [4.69, 9.17) is 0 Å². The molecule has 0 unspecified atom stereocenters. The van der Waals surface area contributed by atoms with Crippen LogP contribution in [0.25, 0.3) is 22.3 Å². The van der Waals surface area contributed by atoms with Crippen molar-refractivity contribution in [1.82, 2.24) is 0 Å². The van der Waals surface area contributed by atoms with Crippen molar-refractivity contribution < 1.29 is 14.6 Å². The zero-order chi connectivity index (χ0) is 19.2. The summed E-state index contributed by atoms with van der Waals surface area (Å²) in [7, 11) is 10.2. The van der Waals surface area contributed by atoms with Gasteiger partial charge in [-0.25, -0.2) is 4.39 Å². The monoisotopic (exact) mass is 340 g/mol. The fraction of sp³-hybridized carbons (Fsp3) is 0. The minimum atomic E-state index is -0.446. The van der Waals surface area contributed by atoms with E-state index in [0.717, 1.165) is 27.4 Å². The van der Waals surface area contributed by atoms with E-state index in [1.807, 2.05) is 15.7 Å². The van der Waals surface area contributed by atoms with Crippen molar-refractivity contribution in [1.29, 1.82) is 0 Å². The van der Waals surface area contributed by atoms with Crippen LogP contribution in [0.15, 0.2) is 36.4 Å². The predicted octanol–water partition coefficient (Wildman–Crippen LogP) is -4.14. The molecule has 0 radical (unpaired) electrons. The number of hydrogen-bond acceptors (Lipinski definition) is 2. The van der Waals surface area contributed by atoms with Crippen molar-refractivity contribution in [3.05, 3.63) is 42.2 Å². The minimum absolute atomic E-state index is 0.114. The largest absolute Gasteiger partial charge is 0.507 e. The third kappa shape index (κ3) is 2.74. The lowest BCUT2D eigenvalue weighted by molar-refractivity contribution is 0.453. The number of phenolic OH excluding ortho intramolecular Hbond substituents is 2. The maximum absolute atomic E-state index is 15.5. The van der Waals surface area contributed by atoms with Crippen molar-refractivity contribution in [2.24, 2.45) is 0 Å². The van der Waals surface area contributed by atoms with Crippen LogP contribution in [0.5, 0.6) is 11.5 Å². The third-order valence-electron chi connectivity index (χ3n) is 5.56. The molecule has 0 saturated heterocycles. The highest BCUT2D eigenvalue weighted by Gasteiger charge is 2.20. The van der Waals surface area contributed by atoms with Crippen LogP contribution in [0.1, 0.15) is 0 Å². The molecule has 0 aromatic heterocycles. The minimum Gasteiger partial charge on any atom is -0.507 e. The van der Waals surface area contributed by atoms with Gasteiger partial charge in [0.05, 0.1) is 5.56 Å². The Morgan fingerprint density at radius 3 is 1.46 bits per heavy atom. The molecule has 0 fully saturated rings. The SMILES string of the molecule is Bc1c(B)c(B)c(-c2cccc(-c3c(O)cccc3O)c2F)c(B)c1B. The second-order valence-electron chi connectivity index (χ2n) is 6.84. The van der Waals surface area contributed by atoms with Gasteiger partial charge in [0.25, 0.3) is 0 Å². The van der Waals surface area contributed by atoms with Crippen molar-refractivity contribution in [2.45, 2.75) is 0 Å².